The molecule has 1 amide bonds. The van der Waals surface area contributed by atoms with Gasteiger partial charge in [-0.15, -0.1) is 0 Å². The van der Waals surface area contributed by atoms with Crippen LogP contribution in [0.3, 0.4) is 0 Å². The van der Waals surface area contributed by atoms with Gasteiger partial charge in [0.25, 0.3) is 5.91 Å². The predicted molar refractivity (Wildman–Crippen MR) is 51.4 cm³/mol. The van der Waals surface area contributed by atoms with Crippen molar-refractivity contribution in [1.82, 2.24) is 5.32 Å². The van der Waals surface area contributed by atoms with E-state index in [-0.39, 0.29) is 18.7 Å². The van der Waals surface area contributed by atoms with Gasteiger partial charge in [-0.25, -0.2) is 4.79 Å². The SMILES string of the molecule is CCOC(=O)C1=C(C)[C@H](C#N)CNC1=O. The van der Waals surface area contributed by atoms with Crippen LogP contribution in [0.5, 0.6) is 0 Å². The number of carbonyl (C=O) groups is 2. The van der Waals surface area contributed by atoms with E-state index in [1.807, 2.05) is 6.07 Å². The van der Waals surface area contributed by atoms with Crippen LogP contribution in [0.25, 0.3) is 0 Å². The molecule has 0 unspecified atom stereocenters. The molecule has 0 aliphatic carbocycles. The number of rotatable bonds is 2. The van der Waals surface area contributed by atoms with Crippen LogP contribution in [0.4, 0.5) is 0 Å². The van der Waals surface area contributed by atoms with Gasteiger partial charge in [-0.3, -0.25) is 4.79 Å². The fraction of sp³-hybridized carbons (Fsp3) is 0.500. The number of nitrogens with zero attached hydrogens (tertiary/aromatic N) is 1. The van der Waals surface area contributed by atoms with Gasteiger partial charge in [-0.05, 0) is 19.4 Å². The first-order valence-corrected chi connectivity index (χ1v) is 4.67. The van der Waals surface area contributed by atoms with Crippen LogP contribution in [0.2, 0.25) is 0 Å². The molecule has 1 N–H and O–H groups in total. The second kappa shape index (κ2) is 4.60. The van der Waals surface area contributed by atoms with E-state index in [1.54, 1.807) is 13.8 Å². The minimum absolute atomic E-state index is 0.0327. The van der Waals surface area contributed by atoms with Gasteiger partial charge >= 0.3 is 5.97 Å². The molecule has 1 atom stereocenters. The lowest BCUT2D eigenvalue weighted by Crippen LogP contribution is -2.39. The standard InChI is InChI=1S/C10H12N2O3/c1-3-15-10(14)8-6(2)7(4-11)5-12-9(8)13/h7H,3,5H2,1-2H3,(H,12,13)/t7-/m1/s1. The molecular weight excluding hydrogens is 196 g/mol. The third kappa shape index (κ3) is 2.15. The smallest absolute Gasteiger partial charge is 0.343 e. The van der Waals surface area contributed by atoms with E-state index in [4.69, 9.17) is 10.00 Å². The predicted octanol–water partition coefficient (Wildman–Crippen LogP) is 0.136. The average molecular weight is 208 g/mol. The molecule has 80 valence electrons. The summed E-state index contributed by atoms with van der Waals surface area (Å²) in [6.45, 7) is 3.74. The number of hydrogen-bond donors (Lipinski definition) is 1. The molecule has 5 heteroatoms. The summed E-state index contributed by atoms with van der Waals surface area (Å²) in [5, 5.41) is 11.3. The highest BCUT2D eigenvalue weighted by molar-refractivity contribution is 6.17. The van der Waals surface area contributed by atoms with Crippen molar-refractivity contribution in [2.75, 3.05) is 13.2 Å². The maximum absolute atomic E-state index is 11.4. The third-order valence-electron chi connectivity index (χ3n) is 2.25. The Bertz CT molecular complexity index is 365. The second-order valence-corrected chi connectivity index (χ2v) is 3.17. The molecule has 1 rings (SSSR count). The van der Waals surface area contributed by atoms with Gasteiger partial charge in [-0.2, -0.15) is 5.26 Å². The minimum Gasteiger partial charge on any atom is -0.462 e. The zero-order valence-electron chi connectivity index (χ0n) is 8.66. The summed E-state index contributed by atoms with van der Waals surface area (Å²) < 4.78 is 4.75. The summed E-state index contributed by atoms with van der Waals surface area (Å²) in [4.78, 5) is 22.8. The highest BCUT2D eigenvalue weighted by Crippen LogP contribution is 2.19. The lowest BCUT2D eigenvalue weighted by atomic mass is 9.93. The molecule has 0 radical (unpaired) electrons. The molecule has 0 fully saturated rings. The molecular formula is C10H12N2O3. The van der Waals surface area contributed by atoms with E-state index in [2.05, 4.69) is 5.32 Å². The minimum atomic E-state index is -0.660. The van der Waals surface area contributed by atoms with Crippen molar-refractivity contribution >= 4 is 11.9 Å². The van der Waals surface area contributed by atoms with Crippen LogP contribution < -0.4 is 5.32 Å². The van der Waals surface area contributed by atoms with Crippen LogP contribution in [-0.2, 0) is 14.3 Å². The second-order valence-electron chi connectivity index (χ2n) is 3.17. The molecule has 0 aromatic heterocycles. The van der Waals surface area contributed by atoms with Crippen LogP contribution in [0.15, 0.2) is 11.1 Å². The highest BCUT2D eigenvalue weighted by Gasteiger charge is 2.30. The number of amides is 1. The summed E-state index contributed by atoms with van der Waals surface area (Å²) >= 11 is 0. The van der Waals surface area contributed by atoms with Gasteiger partial charge in [0.05, 0.1) is 18.6 Å². The molecule has 1 aliphatic rings. The van der Waals surface area contributed by atoms with Crippen molar-refractivity contribution in [3.05, 3.63) is 11.1 Å². The molecule has 1 aliphatic heterocycles. The summed E-state index contributed by atoms with van der Waals surface area (Å²) in [5.74, 6) is -1.56. The van der Waals surface area contributed by atoms with E-state index in [9.17, 15) is 9.59 Å². The van der Waals surface area contributed by atoms with E-state index in [0.29, 0.717) is 5.57 Å². The average Bonchev–Trinajstić information content (AvgIpc) is 2.18. The Morgan fingerprint density at radius 1 is 1.73 bits per heavy atom. The Morgan fingerprint density at radius 2 is 2.40 bits per heavy atom. The van der Waals surface area contributed by atoms with E-state index < -0.39 is 17.8 Å². The van der Waals surface area contributed by atoms with Gasteiger partial charge < -0.3 is 10.1 Å². The number of nitriles is 1. The molecule has 0 aromatic carbocycles. The molecule has 15 heavy (non-hydrogen) atoms. The van der Waals surface area contributed by atoms with Gasteiger partial charge in [0.1, 0.15) is 5.57 Å². The van der Waals surface area contributed by atoms with Crippen molar-refractivity contribution < 1.29 is 14.3 Å². The van der Waals surface area contributed by atoms with E-state index >= 15 is 0 Å². The van der Waals surface area contributed by atoms with Gasteiger partial charge in [0.15, 0.2) is 0 Å². The zero-order chi connectivity index (χ0) is 11.4. The number of carbonyl (C=O) groups excluding carboxylic acids is 2. The largest absolute Gasteiger partial charge is 0.462 e. The first kappa shape index (κ1) is 11.2. The lowest BCUT2D eigenvalue weighted by molar-refractivity contribution is -0.140. The molecule has 1 heterocycles. The molecule has 0 aromatic rings. The number of nitrogens with one attached hydrogen (secondary N) is 1. The maximum Gasteiger partial charge on any atom is 0.343 e. The topological polar surface area (TPSA) is 79.2 Å². The number of hydrogen-bond acceptors (Lipinski definition) is 4. The Labute approximate surface area is 87.7 Å². The van der Waals surface area contributed by atoms with Gasteiger partial charge in [-0.1, -0.05) is 0 Å². The Balaban J connectivity index is 3.04. The molecule has 0 saturated heterocycles. The molecule has 0 spiro atoms. The fourth-order valence-corrected chi connectivity index (χ4v) is 1.39. The van der Waals surface area contributed by atoms with Crippen LogP contribution in [-0.4, -0.2) is 25.0 Å². The third-order valence-corrected chi connectivity index (χ3v) is 2.25. The monoisotopic (exact) mass is 208 g/mol. The van der Waals surface area contributed by atoms with Crippen molar-refractivity contribution in [2.45, 2.75) is 13.8 Å². The summed E-state index contributed by atoms with van der Waals surface area (Å²) in [6, 6.07) is 2.02. The molecule has 5 nitrogen and oxygen atoms in total. The summed E-state index contributed by atoms with van der Waals surface area (Å²) in [6.07, 6.45) is 0. The van der Waals surface area contributed by atoms with Gasteiger partial charge in [0.2, 0.25) is 0 Å². The van der Waals surface area contributed by atoms with Crippen LogP contribution >= 0.6 is 0 Å². The summed E-state index contributed by atoms with van der Waals surface area (Å²) in [7, 11) is 0. The van der Waals surface area contributed by atoms with Gasteiger partial charge in [0, 0.05) is 6.54 Å². The first-order chi connectivity index (χ1) is 7.11. The van der Waals surface area contributed by atoms with Crippen LogP contribution in [0, 0.1) is 17.2 Å². The summed E-state index contributed by atoms with van der Waals surface area (Å²) in [5.41, 5.74) is 0.453. The number of esters is 1. The van der Waals surface area contributed by atoms with Crippen molar-refractivity contribution in [3.63, 3.8) is 0 Å². The quantitative estimate of drug-likeness (QED) is 0.517. The fourth-order valence-electron chi connectivity index (χ4n) is 1.39. The Kier molecular flexibility index (Phi) is 3.45. The molecule has 0 bridgehead atoms. The lowest BCUT2D eigenvalue weighted by Gasteiger charge is -2.20. The Hall–Kier alpha value is -1.83. The van der Waals surface area contributed by atoms with E-state index in [0.717, 1.165) is 0 Å². The van der Waals surface area contributed by atoms with Crippen molar-refractivity contribution in [2.24, 2.45) is 5.92 Å². The van der Waals surface area contributed by atoms with Crippen LogP contribution in [0.1, 0.15) is 13.8 Å². The molecule has 0 saturated carbocycles. The van der Waals surface area contributed by atoms with E-state index in [1.165, 1.54) is 0 Å². The first-order valence-electron chi connectivity index (χ1n) is 4.67. The maximum atomic E-state index is 11.4. The van der Waals surface area contributed by atoms with Crippen molar-refractivity contribution in [3.8, 4) is 6.07 Å². The highest BCUT2D eigenvalue weighted by atomic mass is 16.5. The number of ether oxygens (including phenoxy) is 1. The van der Waals surface area contributed by atoms with Crippen molar-refractivity contribution in [1.29, 1.82) is 5.26 Å². The normalized spacial score (nSPS) is 20.6. The Morgan fingerprint density at radius 3 is 2.93 bits per heavy atom. The zero-order valence-corrected chi connectivity index (χ0v) is 8.66.